The molecular formula is C19H24N4O2. The molecule has 1 aliphatic rings. The summed E-state index contributed by atoms with van der Waals surface area (Å²) in [6.07, 6.45) is 5.22. The summed E-state index contributed by atoms with van der Waals surface area (Å²) in [4.78, 5) is 10.0. The molecule has 1 N–H and O–H groups in total. The lowest BCUT2D eigenvalue weighted by molar-refractivity contribution is 0.00684. The predicted octanol–water partition coefficient (Wildman–Crippen LogP) is 3.08. The van der Waals surface area contributed by atoms with Crippen molar-refractivity contribution in [1.29, 1.82) is 0 Å². The standard InChI is InChI=1S/C19H24N4O2/c1-14-21-19(22-25-14)8-12-24-16-6-10-23(11-7-16)13-15-3-2-4-18-17(15)5-9-20-18/h2-5,9,16,20H,6-8,10-13H2,1H3. The maximum absolute atomic E-state index is 6.00. The number of likely N-dealkylation sites (tertiary alicyclic amines) is 1. The number of H-pyrrole nitrogens is 1. The number of hydrogen-bond acceptors (Lipinski definition) is 5. The molecule has 3 heterocycles. The first-order chi connectivity index (χ1) is 12.3. The topological polar surface area (TPSA) is 67.2 Å². The minimum atomic E-state index is 0.340. The molecule has 0 atom stereocenters. The molecule has 0 saturated carbocycles. The fourth-order valence-corrected chi connectivity index (χ4v) is 3.52. The van der Waals surface area contributed by atoms with Gasteiger partial charge in [0.25, 0.3) is 0 Å². The van der Waals surface area contributed by atoms with Crippen LogP contribution in [0.1, 0.15) is 30.1 Å². The zero-order valence-corrected chi connectivity index (χ0v) is 14.6. The Bertz CT molecular complexity index is 818. The summed E-state index contributed by atoms with van der Waals surface area (Å²) >= 11 is 0. The summed E-state index contributed by atoms with van der Waals surface area (Å²) in [5.41, 5.74) is 2.61. The number of nitrogens with one attached hydrogen (secondary N) is 1. The van der Waals surface area contributed by atoms with E-state index in [1.807, 2.05) is 6.20 Å². The van der Waals surface area contributed by atoms with Crippen LogP contribution in [0, 0.1) is 6.92 Å². The van der Waals surface area contributed by atoms with Gasteiger partial charge in [-0.3, -0.25) is 4.90 Å². The molecule has 0 aliphatic carbocycles. The summed E-state index contributed by atoms with van der Waals surface area (Å²) in [5.74, 6) is 1.34. The minimum absolute atomic E-state index is 0.340. The van der Waals surface area contributed by atoms with E-state index >= 15 is 0 Å². The van der Waals surface area contributed by atoms with Crippen LogP contribution in [0.3, 0.4) is 0 Å². The van der Waals surface area contributed by atoms with Gasteiger partial charge in [-0.15, -0.1) is 0 Å². The van der Waals surface area contributed by atoms with Crippen LogP contribution in [0.5, 0.6) is 0 Å². The number of piperidine rings is 1. The summed E-state index contributed by atoms with van der Waals surface area (Å²) in [6, 6.07) is 8.65. The monoisotopic (exact) mass is 340 g/mol. The smallest absolute Gasteiger partial charge is 0.223 e. The fraction of sp³-hybridized carbons (Fsp3) is 0.474. The highest BCUT2D eigenvalue weighted by Crippen LogP contribution is 2.22. The first kappa shape index (κ1) is 16.3. The zero-order valence-electron chi connectivity index (χ0n) is 14.6. The average molecular weight is 340 g/mol. The SMILES string of the molecule is Cc1nc(CCOC2CCN(Cc3cccc4[nH]ccc34)CC2)no1. The highest BCUT2D eigenvalue weighted by Gasteiger charge is 2.20. The van der Waals surface area contributed by atoms with Gasteiger partial charge >= 0.3 is 0 Å². The van der Waals surface area contributed by atoms with Crippen LogP contribution >= 0.6 is 0 Å². The van der Waals surface area contributed by atoms with Crippen molar-refractivity contribution < 1.29 is 9.26 Å². The van der Waals surface area contributed by atoms with Gasteiger partial charge in [0.2, 0.25) is 5.89 Å². The van der Waals surface area contributed by atoms with Crippen molar-refractivity contribution in [3.05, 3.63) is 47.7 Å². The lowest BCUT2D eigenvalue weighted by Crippen LogP contribution is -2.36. The number of aromatic amines is 1. The number of hydrogen-bond donors (Lipinski definition) is 1. The normalized spacial score (nSPS) is 16.7. The summed E-state index contributed by atoms with van der Waals surface area (Å²) in [6.45, 7) is 5.62. The van der Waals surface area contributed by atoms with E-state index in [0.717, 1.165) is 38.3 Å². The van der Waals surface area contributed by atoms with Crippen LogP contribution in [-0.2, 0) is 17.7 Å². The number of fused-ring (bicyclic) bond motifs is 1. The second-order valence-corrected chi connectivity index (χ2v) is 6.68. The van der Waals surface area contributed by atoms with Crippen LogP contribution in [0.4, 0.5) is 0 Å². The number of rotatable bonds is 6. The molecule has 1 aromatic carbocycles. The molecule has 4 rings (SSSR count). The quantitative estimate of drug-likeness (QED) is 0.747. The molecular weight excluding hydrogens is 316 g/mol. The van der Waals surface area contributed by atoms with Crippen LogP contribution in [0.2, 0.25) is 0 Å². The number of aromatic nitrogens is 3. The number of benzene rings is 1. The van der Waals surface area contributed by atoms with Crippen LogP contribution in [0.25, 0.3) is 10.9 Å². The highest BCUT2D eigenvalue weighted by molar-refractivity contribution is 5.82. The molecule has 1 aliphatic heterocycles. The van der Waals surface area contributed by atoms with Gasteiger partial charge in [-0.25, -0.2) is 0 Å². The van der Waals surface area contributed by atoms with Gasteiger partial charge in [0, 0.05) is 50.1 Å². The van der Waals surface area contributed by atoms with Crippen molar-refractivity contribution in [1.82, 2.24) is 20.0 Å². The lowest BCUT2D eigenvalue weighted by atomic mass is 10.1. The van der Waals surface area contributed by atoms with E-state index in [1.165, 1.54) is 16.5 Å². The maximum Gasteiger partial charge on any atom is 0.223 e. The van der Waals surface area contributed by atoms with Crippen LogP contribution in [-0.4, -0.2) is 45.8 Å². The maximum atomic E-state index is 6.00. The molecule has 132 valence electrons. The summed E-state index contributed by atoms with van der Waals surface area (Å²) in [7, 11) is 0. The second-order valence-electron chi connectivity index (χ2n) is 6.68. The minimum Gasteiger partial charge on any atom is -0.378 e. The Morgan fingerprint density at radius 2 is 2.16 bits per heavy atom. The molecule has 0 unspecified atom stereocenters. The van der Waals surface area contributed by atoms with Crippen molar-refractivity contribution in [2.45, 2.75) is 38.8 Å². The molecule has 0 spiro atoms. The number of aryl methyl sites for hydroxylation is 1. The Morgan fingerprint density at radius 1 is 1.28 bits per heavy atom. The summed E-state index contributed by atoms with van der Waals surface area (Å²) < 4.78 is 11.0. The van der Waals surface area contributed by atoms with Crippen molar-refractivity contribution in [3.63, 3.8) is 0 Å². The first-order valence-corrected chi connectivity index (χ1v) is 8.96. The lowest BCUT2D eigenvalue weighted by Gasteiger charge is -2.32. The molecule has 2 aromatic heterocycles. The van der Waals surface area contributed by atoms with Gasteiger partial charge in [0.15, 0.2) is 5.82 Å². The largest absolute Gasteiger partial charge is 0.378 e. The molecule has 0 amide bonds. The van der Waals surface area contributed by atoms with E-state index in [0.29, 0.717) is 25.0 Å². The fourth-order valence-electron chi connectivity index (χ4n) is 3.52. The molecule has 6 nitrogen and oxygen atoms in total. The van der Waals surface area contributed by atoms with Gasteiger partial charge in [-0.1, -0.05) is 17.3 Å². The zero-order chi connectivity index (χ0) is 17.1. The third kappa shape index (κ3) is 3.91. The third-order valence-electron chi connectivity index (χ3n) is 4.86. The van der Waals surface area contributed by atoms with Gasteiger partial charge in [-0.05, 0) is 30.5 Å². The van der Waals surface area contributed by atoms with Gasteiger partial charge in [0.05, 0.1) is 12.7 Å². The van der Waals surface area contributed by atoms with Gasteiger partial charge < -0.3 is 14.2 Å². The molecule has 3 aromatic rings. The van der Waals surface area contributed by atoms with E-state index in [-0.39, 0.29) is 0 Å². The van der Waals surface area contributed by atoms with Crippen molar-refractivity contribution in [2.24, 2.45) is 0 Å². The number of nitrogens with zero attached hydrogens (tertiary/aromatic N) is 3. The number of ether oxygens (including phenoxy) is 1. The first-order valence-electron chi connectivity index (χ1n) is 8.96. The molecule has 1 fully saturated rings. The van der Waals surface area contributed by atoms with E-state index in [4.69, 9.17) is 9.26 Å². The van der Waals surface area contributed by atoms with E-state index in [1.54, 1.807) is 6.92 Å². The molecule has 6 heteroatoms. The average Bonchev–Trinajstić information content (AvgIpc) is 3.26. The highest BCUT2D eigenvalue weighted by atomic mass is 16.5. The Morgan fingerprint density at radius 3 is 2.96 bits per heavy atom. The molecule has 1 saturated heterocycles. The van der Waals surface area contributed by atoms with Crippen molar-refractivity contribution in [2.75, 3.05) is 19.7 Å². The van der Waals surface area contributed by atoms with E-state index in [9.17, 15) is 0 Å². The summed E-state index contributed by atoms with van der Waals surface area (Å²) in [5, 5.41) is 5.23. The van der Waals surface area contributed by atoms with Crippen molar-refractivity contribution >= 4 is 10.9 Å². The Balaban J connectivity index is 1.23. The Labute approximate surface area is 147 Å². The van der Waals surface area contributed by atoms with Crippen LogP contribution < -0.4 is 0 Å². The predicted molar refractivity (Wildman–Crippen MR) is 95.3 cm³/mol. The van der Waals surface area contributed by atoms with E-state index < -0.39 is 0 Å². The van der Waals surface area contributed by atoms with Gasteiger partial charge in [0.1, 0.15) is 0 Å². The Hall–Kier alpha value is -2.18. The molecule has 25 heavy (non-hydrogen) atoms. The molecule has 0 radical (unpaired) electrons. The second kappa shape index (κ2) is 7.37. The van der Waals surface area contributed by atoms with Crippen LogP contribution in [0.15, 0.2) is 35.0 Å². The Kier molecular flexibility index (Phi) is 4.81. The molecule has 0 bridgehead atoms. The van der Waals surface area contributed by atoms with Crippen molar-refractivity contribution in [3.8, 4) is 0 Å². The van der Waals surface area contributed by atoms with E-state index in [2.05, 4.69) is 44.3 Å². The third-order valence-corrected chi connectivity index (χ3v) is 4.86. The van der Waals surface area contributed by atoms with Gasteiger partial charge in [-0.2, -0.15) is 4.98 Å².